The number of nitrogens with zero attached hydrogens (tertiary/aromatic N) is 3. The number of amides is 1. The lowest BCUT2D eigenvalue weighted by Gasteiger charge is -2.43. The molecule has 0 saturated carbocycles. The van der Waals surface area contributed by atoms with Crippen LogP contribution in [0.25, 0.3) is 0 Å². The minimum Gasteiger partial charge on any atom is -0.492 e. The third-order valence-corrected chi connectivity index (χ3v) is 5.92. The normalized spacial score (nSPS) is 19.1. The molecule has 2 aliphatic heterocycles. The van der Waals surface area contributed by atoms with E-state index in [9.17, 15) is 4.79 Å². The highest BCUT2D eigenvalue weighted by atomic mass is 16.6. The Labute approximate surface area is 181 Å². The van der Waals surface area contributed by atoms with Gasteiger partial charge in [0.2, 0.25) is 0 Å². The maximum absolute atomic E-state index is 12.3. The zero-order chi connectivity index (χ0) is 21.9. The average Bonchev–Trinajstić information content (AvgIpc) is 2.69. The molecule has 2 saturated heterocycles. The number of piperazine rings is 1. The summed E-state index contributed by atoms with van der Waals surface area (Å²) in [5.41, 5.74) is 8.79. The van der Waals surface area contributed by atoms with Gasteiger partial charge < -0.3 is 25.0 Å². The topological polar surface area (TPSA) is 71.3 Å². The molecule has 1 aromatic rings. The van der Waals surface area contributed by atoms with Crippen LogP contribution in [0.3, 0.4) is 0 Å². The summed E-state index contributed by atoms with van der Waals surface area (Å²) >= 11 is 0. The molecule has 168 valence electrons. The second-order valence-electron chi connectivity index (χ2n) is 9.33. The van der Waals surface area contributed by atoms with Crippen LogP contribution >= 0.6 is 0 Å². The Balaban J connectivity index is 1.52. The van der Waals surface area contributed by atoms with Crippen molar-refractivity contribution in [3.63, 3.8) is 0 Å². The van der Waals surface area contributed by atoms with E-state index < -0.39 is 5.60 Å². The molecule has 2 heterocycles. The maximum Gasteiger partial charge on any atom is 0.410 e. The second kappa shape index (κ2) is 9.33. The summed E-state index contributed by atoms with van der Waals surface area (Å²) in [6.07, 6.45) is 2.06. The Morgan fingerprint density at radius 1 is 1.10 bits per heavy atom. The largest absolute Gasteiger partial charge is 0.492 e. The zero-order valence-electron chi connectivity index (χ0n) is 19.2. The van der Waals surface area contributed by atoms with Gasteiger partial charge in [-0.2, -0.15) is 0 Å². The number of nitrogen functional groups attached to an aromatic ring is 1. The molecule has 1 aromatic carbocycles. The molecule has 30 heavy (non-hydrogen) atoms. The minimum atomic E-state index is -0.441. The van der Waals surface area contributed by atoms with Crippen molar-refractivity contribution in [3.05, 3.63) is 17.7 Å². The first-order chi connectivity index (χ1) is 14.2. The van der Waals surface area contributed by atoms with Gasteiger partial charge in [-0.1, -0.05) is 0 Å². The molecule has 0 aromatic heterocycles. The Morgan fingerprint density at radius 2 is 1.73 bits per heavy atom. The van der Waals surface area contributed by atoms with Crippen LogP contribution < -0.4 is 15.4 Å². The van der Waals surface area contributed by atoms with Crippen LogP contribution in [-0.4, -0.2) is 73.4 Å². The number of ether oxygens (including phenoxy) is 2. The van der Waals surface area contributed by atoms with E-state index >= 15 is 0 Å². The van der Waals surface area contributed by atoms with E-state index in [4.69, 9.17) is 15.2 Å². The van der Waals surface area contributed by atoms with E-state index in [-0.39, 0.29) is 6.09 Å². The molecule has 7 nitrogen and oxygen atoms in total. The van der Waals surface area contributed by atoms with Gasteiger partial charge in [0.15, 0.2) is 0 Å². The zero-order valence-corrected chi connectivity index (χ0v) is 19.2. The quantitative estimate of drug-likeness (QED) is 0.755. The highest BCUT2D eigenvalue weighted by Crippen LogP contribution is 2.33. The number of piperidine rings is 1. The van der Waals surface area contributed by atoms with Crippen molar-refractivity contribution in [2.24, 2.45) is 0 Å². The first-order valence-corrected chi connectivity index (χ1v) is 11.2. The summed E-state index contributed by atoms with van der Waals surface area (Å²) in [7, 11) is 0. The first kappa shape index (κ1) is 22.5. The second-order valence-corrected chi connectivity index (χ2v) is 9.33. The van der Waals surface area contributed by atoms with Crippen LogP contribution in [-0.2, 0) is 4.74 Å². The molecule has 2 fully saturated rings. The average molecular weight is 419 g/mol. The lowest BCUT2D eigenvalue weighted by molar-refractivity contribution is 0.00902. The maximum atomic E-state index is 12.3. The van der Waals surface area contributed by atoms with Crippen molar-refractivity contribution in [1.82, 2.24) is 9.80 Å². The van der Waals surface area contributed by atoms with Gasteiger partial charge in [-0.25, -0.2) is 4.79 Å². The van der Waals surface area contributed by atoms with Crippen LogP contribution in [0.15, 0.2) is 12.1 Å². The van der Waals surface area contributed by atoms with Gasteiger partial charge in [0, 0.05) is 57.1 Å². The minimum absolute atomic E-state index is 0.194. The lowest BCUT2D eigenvalue weighted by Crippen LogP contribution is -2.55. The highest BCUT2D eigenvalue weighted by Gasteiger charge is 2.31. The lowest BCUT2D eigenvalue weighted by atomic mass is 10.0. The Bertz CT molecular complexity index is 731. The number of carbonyl (C=O) groups is 1. The van der Waals surface area contributed by atoms with E-state index in [1.807, 2.05) is 38.7 Å². The van der Waals surface area contributed by atoms with Crippen LogP contribution in [0.1, 0.15) is 46.1 Å². The molecular weight excluding hydrogens is 380 g/mol. The fourth-order valence-corrected chi connectivity index (χ4v) is 4.39. The molecule has 0 aliphatic carbocycles. The molecule has 2 aliphatic rings. The van der Waals surface area contributed by atoms with E-state index in [0.29, 0.717) is 18.3 Å². The predicted molar refractivity (Wildman–Crippen MR) is 121 cm³/mol. The molecule has 0 bridgehead atoms. The van der Waals surface area contributed by atoms with Gasteiger partial charge in [-0.3, -0.25) is 4.90 Å². The molecule has 0 unspecified atom stereocenters. The van der Waals surface area contributed by atoms with E-state index in [1.165, 1.54) is 11.3 Å². The number of hydrogen-bond donors (Lipinski definition) is 1. The number of carbonyl (C=O) groups excluding carboxylic acids is 1. The monoisotopic (exact) mass is 418 g/mol. The van der Waals surface area contributed by atoms with Crippen molar-refractivity contribution in [1.29, 1.82) is 0 Å². The van der Waals surface area contributed by atoms with Crippen molar-refractivity contribution in [3.8, 4) is 5.75 Å². The molecule has 0 atom stereocenters. The Morgan fingerprint density at radius 3 is 2.30 bits per heavy atom. The van der Waals surface area contributed by atoms with Gasteiger partial charge in [0.25, 0.3) is 0 Å². The number of aryl methyl sites for hydroxylation is 1. The third kappa shape index (κ3) is 5.50. The SMILES string of the molecule is CCOc1cc(N2CCC(N3CCN(C(=O)OC(C)(C)C)CC3)CC2)c(C)cc1N. The van der Waals surface area contributed by atoms with E-state index in [2.05, 4.69) is 22.8 Å². The molecule has 7 heteroatoms. The summed E-state index contributed by atoms with van der Waals surface area (Å²) in [5.74, 6) is 0.776. The van der Waals surface area contributed by atoms with Gasteiger partial charge in [0.1, 0.15) is 11.4 Å². The smallest absolute Gasteiger partial charge is 0.410 e. The summed E-state index contributed by atoms with van der Waals surface area (Å²) < 4.78 is 11.2. The molecule has 3 rings (SSSR count). The van der Waals surface area contributed by atoms with E-state index in [1.54, 1.807) is 0 Å². The van der Waals surface area contributed by atoms with Gasteiger partial charge in [-0.05, 0) is 59.1 Å². The van der Waals surface area contributed by atoms with Crippen LogP contribution in [0, 0.1) is 6.92 Å². The van der Waals surface area contributed by atoms with E-state index in [0.717, 1.165) is 57.9 Å². The summed E-state index contributed by atoms with van der Waals surface area (Å²) in [6, 6.07) is 4.68. The number of rotatable bonds is 4. The Kier molecular flexibility index (Phi) is 7.01. The van der Waals surface area contributed by atoms with Crippen LogP contribution in [0.2, 0.25) is 0 Å². The van der Waals surface area contributed by atoms with Crippen molar-refractivity contribution < 1.29 is 14.3 Å². The number of benzene rings is 1. The third-order valence-electron chi connectivity index (χ3n) is 5.92. The number of hydrogen-bond acceptors (Lipinski definition) is 6. The fourth-order valence-electron chi connectivity index (χ4n) is 4.39. The van der Waals surface area contributed by atoms with Gasteiger partial charge in [-0.15, -0.1) is 0 Å². The predicted octanol–water partition coefficient (Wildman–Crippen LogP) is 3.50. The van der Waals surface area contributed by atoms with Gasteiger partial charge in [0.05, 0.1) is 12.3 Å². The Hall–Kier alpha value is -2.15. The van der Waals surface area contributed by atoms with Crippen molar-refractivity contribution >= 4 is 17.5 Å². The molecule has 0 spiro atoms. The number of anilines is 2. The van der Waals surface area contributed by atoms with Crippen LogP contribution in [0.4, 0.5) is 16.2 Å². The number of nitrogens with two attached hydrogens (primary N) is 1. The highest BCUT2D eigenvalue weighted by molar-refractivity contribution is 5.68. The summed E-state index contributed by atoms with van der Waals surface area (Å²) in [5, 5.41) is 0. The molecule has 2 N–H and O–H groups in total. The van der Waals surface area contributed by atoms with Crippen LogP contribution in [0.5, 0.6) is 5.75 Å². The summed E-state index contributed by atoms with van der Waals surface area (Å²) in [6.45, 7) is 15.8. The first-order valence-electron chi connectivity index (χ1n) is 11.2. The van der Waals surface area contributed by atoms with Crippen molar-refractivity contribution in [2.75, 3.05) is 56.5 Å². The molecule has 1 amide bonds. The molecular formula is C23H38N4O3. The molecule has 0 radical (unpaired) electrons. The summed E-state index contributed by atoms with van der Waals surface area (Å²) in [4.78, 5) is 19.1. The van der Waals surface area contributed by atoms with Gasteiger partial charge >= 0.3 is 6.09 Å². The van der Waals surface area contributed by atoms with Crippen molar-refractivity contribution in [2.45, 2.75) is 59.1 Å². The fraction of sp³-hybridized carbons (Fsp3) is 0.696. The standard InChI is InChI=1S/C23H38N4O3/c1-6-29-21-16-20(17(2)15-19(21)24)26-9-7-18(8-10-26)25-11-13-27(14-12-25)22(28)30-23(3,4)5/h15-16,18H,6-14,24H2,1-5H3.